The van der Waals surface area contributed by atoms with Crippen LogP contribution in [0.3, 0.4) is 0 Å². The van der Waals surface area contributed by atoms with E-state index < -0.39 is 0 Å². The first kappa shape index (κ1) is 16.7. The highest BCUT2D eigenvalue weighted by Gasteiger charge is 2.13. The van der Waals surface area contributed by atoms with Crippen molar-refractivity contribution in [3.63, 3.8) is 0 Å². The summed E-state index contributed by atoms with van der Waals surface area (Å²) in [6.07, 6.45) is 0. The Bertz CT molecular complexity index is 719. The van der Waals surface area contributed by atoms with Crippen molar-refractivity contribution in [2.45, 2.75) is 33.7 Å². The molecule has 1 aromatic carbocycles. The van der Waals surface area contributed by atoms with Gasteiger partial charge in [0, 0.05) is 11.7 Å². The van der Waals surface area contributed by atoms with Crippen LogP contribution >= 0.6 is 0 Å². The lowest BCUT2D eigenvalue weighted by Crippen LogP contribution is -2.31. The number of hydrogen-bond acceptors (Lipinski definition) is 3. The Morgan fingerprint density at radius 1 is 0.957 bits per heavy atom. The molecule has 2 rings (SSSR count). The standard InChI is InChI=1S/C18H21N3O2/c1-11(2)19-17(22)15-6-5-7-16(21-15)18(23)20-14-9-12(3)8-13(4)10-14/h5-11H,1-4H3,(H,19,22)(H,20,23). The third kappa shape index (κ3) is 4.64. The molecule has 5 nitrogen and oxygen atoms in total. The van der Waals surface area contributed by atoms with Gasteiger partial charge in [0.1, 0.15) is 11.4 Å². The van der Waals surface area contributed by atoms with E-state index in [1.165, 1.54) is 0 Å². The second-order valence-electron chi connectivity index (χ2n) is 5.87. The van der Waals surface area contributed by atoms with Crippen LogP contribution in [-0.2, 0) is 0 Å². The molecule has 1 heterocycles. The van der Waals surface area contributed by atoms with E-state index in [1.807, 2.05) is 45.9 Å². The summed E-state index contributed by atoms with van der Waals surface area (Å²) in [5.41, 5.74) is 3.29. The van der Waals surface area contributed by atoms with Crippen molar-refractivity contribution in [3.8, 4) is 0 Å². The lowest BCUT2D eigenvalue weighted by molar-refractivity contribution is 0.0938. The van der Waals surface area contributed by atoms with E-state index in [1.54, 1.807) is 18.2 Å². The molecule has 0 aliphatic carbocycles. The zero-order valence-corrected chi connectivity index (χ0v) is 13.8. The molecular weight excluding hydrogens is 290 g/mol. The molecule has 0 fully saturated rings. The first-order valence-corrected chi connectivity index (χ1v) is 7.52. The molecule has 0 radical (unpaired) electrons. The Morgan fingerprint density at radius 3 is 2.09 bits per heavy atom. The Balaban J connectivity index is 2.18. The minimum Gasteiger partial charge on any atom is -0.349 e. The van der Waals surface area contributed by atoms with Crippen molar-refractivity contribution in [2.24, 2.45) is 0 Å². The predicted octanol–water partition coefficient (Wildman–Crippen LogP) is 3.09. The van der Waals surface area contributed by atoms with Gasteiger partial charge in [0.2, 0.25) is 0 Å². The summed E-state index contributed by atoms with van der Waals surface area (Å²) < 4.78 is 0. The Labute approximate surface area is 136 Å². The quantitative estimate of drug-likeness (QED) is 0.911. The summed E-state index contributed by atoms with van der Waals surface area (Å²) in [5, 5.41) is 5.57. The fraction of sp³-hybridized carbons (Fsp3) is 0.278. The molecule has 2 N–H and O–H groups in total. The molecule has 0 bridgehead atoms. The third-order valence-electron chi connectivity index (χ3n) is 3.11. The maximum Gasteiger partial charge on any atom is 0.274 e. The highest BCUT2D eigenvalue weighted by Crippen LogP contribution is 2.14. The highest BCUT2D eigenvalue weighted by molar-refractivity contribution is 6.04. The van der Waals surface area contributed by atoms with Gasteiger partial charge in [-0.3, -0.25) is 9.59 Å². The molecule has 0 spiro atoms. The average Bonchev–Trinajstić information content (AvgIpc) is 2.45. The van der Waals surface area contributed by atoms with Crippen molar-refractivity contribution in [1.29, 1.82) is 0 Å². The molecule has 5 heteroatoms. The largest absolute Gasteiger partial charge is 0.349 e. The number of aryl methyl sites for hydroxylation is 2. The Kier molecular flexibility index (Phi) is 5.11. The number of amides is 2. The van der Waals surface area contributed by atoms with Gasteiger partial charge in [0.15, 0.2) is 0 Å². The number of hydrogen-bond donors (Lipinski definition) is 2. The van der Waals surface area contributed by atoms with Gasteiger partial charge < -0.3 is 10.6 Å². The van der Waals surface area contributed by atoms with E-state index in [9.17, 15) is 9.59 Å². The normalized spacial score (nSPS) is 10.5. The summed E-state index contributed by atoms with van der Waals surface area (Å²) in [6, 6.07) is 10.6. The number of rotatable bonds is 4. The maximum absolute atomic E-state index is 12.3. The number of benzene rings is 1. The van der Waals surface area contributed by atoms with E-state index in [0.717, 1.165) is 11.1 Å². The fourth-order valence-corrected chi connectivity index (χ4v) is 2.27. The van der Waals surface area contributed by atoms with Crippen LogP contribution in [0.5, 0.6) is 0 Å². The Morgan fingerprint density at radius 2 is 1.52 bits per heavy atom. The zero-order chi connectivity index (χ0) is 17.0. The number of anilines is 1. The van der Waals surface area contributed by atoms with Crippen LogP contribution in [0.25, 0.3) is 0 Å². The van der Waals surface area contributed by atoms with Gasteiger partial charge >= 0.3 is 0 Å². The topological polar surface area (TPSA) is 71.1 Å². The number of nitrogens with one attached hydrogen (secondary N) is 2. The first-order chi connectivity index (χ1) is 10.8. The molecule has 0 saturated carbocycles. The lowest BCUT2D eigenvalue weighted by Gasteiger charge is -2.10. The minimum absolute atomic E-state index is 0.0112. The number of carbonyl (C=O) groups is 2. The monoisotopic (exact) mass is 311 g/mol. The molecule has 23 heavy (non-hydrogen) atoms. The van der Waals surface area contributed by atoms with Gasteiger partial charge in [0.05, 0.1) is 0 Å². The highest BCUT2D eigenvalue weighted by atomic mass is 16.2. The zero-order valence-electron chi connectivity index (χ0n) is 13.8. The molecule has 0 aliphatic heterocycles. The van der Waals surface area contributed by atoms with Crippen molar-refractivity contribution >= 4 is 17.5 Å². The molecule has 2 amide bonds. The molecule has 2 aromatic rings. The van der Waals surface area contributed by atoms with Gasteiger partial charge in [-0.05, 0) is 63.1 Å². The van der Waals surface area contributed by atoms with Crippen LogP contribution in [0.2, 0.25) is 0 Å². The summed E-state index contributed by atoms with van der Waals surface area (Å²) in [4.78, 5) is 28.4. The van der Waals surface area contributed by atoms with Gasteiger partial charge in [-0.2, -0.15) is 0 Å². The summed E-state index contributed by atoms with van der Waals surface area (Å²) in [7, 11) is 0. The second kappa shape index (κ2) is 7.05. The van der Waals surface area contributed by atoms with Crippen molar-refractivity contribution in [1.82, 2.24) is 10.3 Å². The van der Waals surface area contributed by atoms with E-state index in [2.05, 4.69) is 15.6 Å². The van der Waals surface area contributed by atoms with Crippen molar-refractivity contribution in [2.75, 3.05) is 5.32 Å². The van der Waals surface area contributed by atoms with Crippen LogP contribution in [0.1, 0.15) is 46.0 Å². The van der Waals surface area contributed by atoms with E-state index in [0.29, 0.717) is 5.69 Å². The van der Waals surface area contributed by atoms with Gasteiger partial charge in [-0.15, -0.1) is 0 Å². The van der Waals surface area contributed by atoms with Crippen LogP contribution in [0, 0.1) is 13.8 Å². The van der Waals surface area contributed by atoms with Crippen molar-refractivity contribution < 1.29 is 9.59 Å². The second-order valence-corrected chi connectivity index (χ2v) is 5.87. The molecular formula is C18H21N3O2. The van der Waals surface area contributed by atoms with E-state index >= 15 is 0 Å². The molecule has 0 aliphatic rings. The molecule has 0 atom stereocenters. The lowest BCUT2D eigenvalue weighted by atomic mass is 10.1. The fourth-order valence-electron chi connectivity index (χ4n) is 2.27. The predicted molar refractivity (Wildman–Crippen MR) is 90.7 cm³/mol. The number of carbonyl (C=O) groups excluding carboxylic acids is 2. The summed E-state index contributed by atoms with van der Waals surface area (Å²) in [5.74, 6) is -0.629. The van der Waals surface area contributed by atoms with Crippen LogP contribution in [0.4, 0.5) is 5.69 Å². The Hall–Kier alpha value is -2.69. The van der Waals surface area contributed by atoms with Gasteiger partial charge in [-0.1, -0.05) is 12.1 Å². The number of nitrogens with zero attached hydrogens (tertiary/aromatic N) is 1. The smallest absolute Gasteiger partial charge is 0.274 e. The molecule has 0 unspecified atom stereocenters. The molecule has 1 aromatic heterocycles. The summed E-state index contributed by atoms with van der Waals surface area (Å²) >= 11 is 0. The van der Waals surface area contributed by atoms with E-state index in [4.69, 9.17) is 0 Å². The average molecular weight is 311 g/mol. The molecule has 120 valence electrons. The molecule has 0 saturated heterocycles. The van der Waals surface area contributed by atoms with Crippen molar-refractivity contribution in [3.05, 3.63) is 58.9 Å². The first-order valence-electron chi connectivity index (χ1n) is 7.52. The van der Waals surface area contributed by atoms with Gasteiger partial charge in [0.25, 0.3) is 11.8 Å². The van der Waals surface area contributed by atoms with Crippen LogP contribution < -0.4 is 10.6 Å². The number of aromatic nitrogens is 1. The van der Waals surface area contributed by atoms with E-state index in [-0.39, 0.29) is 29.2 Å². The number of pyridine rings is 1. The minimum atomic E-state index is -0.339. The van der Waals surface area contributed by atoms with Crippen LogP contribution in [0.15, 0.2) is 36.4 Å². The SMILES string of the molecule is Cc1cc(C)cc(NC(=O)c2cccc(C(=O)NC(C)C)n2)c1. The maximum atomic E-state index is 12.3. The summed E-state index contributed by atoms with van der Waals surface area (Å²) in [6.45, 7) is 7.68. The van der Waals surface area contributed by atoms with Gasteiger partial charge in [-0.25, -0.2) is 4.98 Å². The third-order valence-corrected chi connectivity index (χ3v) is 3.11. The van der Waals surface area contributed by atoms with Crippen LogP contribution in [-0.4, -0.2) is 22.8 Å².